The summed E-state index contributed by atoms with van der Waals surface area (Å²) in [6.45, 7) is 4.26. The van der Waals surface area contributed by atoms with E-state index in [9.17, 15) is 10.1 Å². The molecule has 1 atom stereocenters. The average molecular weight is 267 g/mol. The summed E-state index contributed by atoms with van der Waals surface area (Å²) in [6, 6.07) is 0.303. The van der Waals surface area contributed by atoms with E-state index in [0.717, 1.165) is 6.54 Å². The molecule has 1 aromatic rings. The van der Waals surface area contributed by atoms with Gasteiger partial charge in [-0.3, -0.25) is 15.5 Å². The Labute approximate surface area is 110 Å². The van der Waals surface area contributed by atoms with Crippen molar-refractivity contribution in [2.75, 3.05) is 37.0 Å². The van der Waals surface area contributed by atoms with Crippen LogP contribution in [0.4, 0.5) is 17.5 Å². The fourth-order valence-corrected chi connectivity index (χ4v) is 2.04. The van der Waals surface area contributed by atoms with Gasteiger partial charge >= 0.3 is 5.69 Å². The van der Waals surface area contributed by atoms with Crippen molar-refractivity contribution in [3.05, 3.63) is 16.3 Å². The predicted octanol–water partition coefficient (Wildman–Crippen LogP) is -0.189. The highest BCUT2D eigenvalue weighted by Crippen LogP contribution is 2.27. The van der Waals surface area contributed by atoms with Crippen LogP contribution >= 0.6 is 0 Å². The van der Waals surface area contributed by atoms with Crippen LogP contribution in [0.5, 0.6) is 0 Å². The van der Waals surface area contributed by atoms with Gasteiger partial charge in [-0.05, 0) is 14.0 Å². The molecular formula is C10H17N7O2. The molecule has 0 bridgehead atoms. The van der Waals surface area contributed by atoms with Gasteiger partial charge in [-0.2, -0.15) is 4.98 Å². The predicted molar refractivity (Wildman–Crippen MR) is 70.8 cm³/mol. The van der Waals surface area contributed by atoms with Gasteiger partial charge in [-0.25, -0.2) is 10.8 Å². The fraction of sp³-hybridized carbons (Fsp3) is 0.600. The lowest BCUT2D eigenvalue weighted by Gasteiger charge is -2.37. The van der Waals surface area contributed by atoms with Gasteiger partial charge in [-0.1, -0.05) is 0 Å². The van der Waals surface area contributed by atoms with Crippen molar-refractivity contribution in [1.29, 1.82) is 0 Å². The van der Waals surface area contributed by atoms with Gasteiger partial charge in [0.05, 0.1) is 4.92 Å². The normalized spacial score (nSPS) is 20.4. The molecule has 1 aliphatic heterocycles. The standard InChI is InChI=1S/C10H17N7O2/c1-7-6-16(4-3-15(7)2)9-8(17(18)19)5-12-10(13-9)14-11/h5,7H,3-4,6,11H2,1-2H3,(H,12,13,14). The monoisotopic (exact) mass is 267 g/mol. The number of anilines is 2. The topological polar surface area (TPSA) is 113 Å². The van der Waals surface area contributed by atoms with E-state index in [1.165, 1.54) is 6.20 Å². The van der Waals surface area contributed by atoms with Crippen molar-refractivity contribution in [3.63, 3.8) is 0 Å². The molecule has 1 fully saturated rings. The smallest absolute Gasteiger partial charge is 0.329 e. The van der Waals surface area contributed by atoms with Gasteiger partial charge in [0.2, 0.25) is 11.8 Å². The van der Waals surface area contributed by atoms with Crippen molar-refractivity contribution < 1.29 is 4.92 Å². The van der Waals surface area contributed by atoms with Crippen molar-refractivity contribution in [3.8, 4) is 0 Å². The Kier molecular flexibility index (Phi) is 3.76. The molecule has 1 aliphatic rings. The molecule has 0 aromatic carbocycles. The van der Waals surface area contributed by atoms with E-state index in [1.807, 2.05) is 11.9 Å². The maximum absolute atomic E-state index is 11.0. The zero-order valence-electron chi connectivity index (χ0n) is 10.9. The van der Waals surface area contributed by atoms with Crippen molar-refractivity contribution >= 4 is 17.5 Å². The third kappa shape index (κ3) is 2.71. The van der Waals surface area contributed by atoms with E-state index in [2.05, 4.69) is 27.2 Å². The number of hydrazine groups is 1. The summed E-state index contributed by atoms with van der Waals surface area (Å²) in [5.41, 5.74) is 2.21. The Balaban J connectivity index is 2.34. The van der Waals surface area contributed by atoms with E-state index in [-0.39, 0.29) is 11.6 Å². The molecule has 9 nitrogen and oxygen atoms in total. The molecule has 0 saturated carbocycles. The number of nitrogens with one attached hydrogen (secondary N) is 1. The van der Waals surface area contributed by atoms with Crippen molar-refractivity contribution in [2.24, 2.45) is 5.84 Å². The third-order valence-corrected chi connectivity index (χ3v) is 3.34. The summed E-state index contributed by atoms with van der Waals surface area (Å²) in [5.74, 6) is 5.74. The van der Waals surface area contributed by atoms with E-state index in [1.54, 1.807) is 0 Å². The van der Waals surface area contributed by atoms with E-state index >= 15 is 0 Å². The molecule has 0 spiro atoms. The minimum atomic E-state index is -0.474. The molecule has 0 amide bonds. The maximum Gasteiger partial charge on any atom is 0.329 e. The number of nitro groups is 1. The summed E-state index contributed by atoms with van der Waals surface area (Å²) >= 11 is 0. The quantitative estimate of drug-likeness (QED) is 0.440. The molecule has 2 rings (SSSR count). The van der Waals surface area contributed by atoms with Crippen LogP contribution in [0.1, 0.15) is 6.92 Å². The zero-order chi connectivity index (χ0) is 14.0. The lowest BCUT2D eigenvalue weighted by Crippen LogP contribution is -2.50. The summed E-state index contributed by atoms with van der Waals surface area (Å²) in [7, 11) is 2.03. The number of nitrogens with zero attached hydrogens (tertiary/aromatic N) is 5. The maximum atomic E-state index is 11.0. The Morgan fingerprint density at radius 2 is 2.32 bits per heavy atom. The Morgan fingerprint density at radius 3 is 2.89 bits per heavy atom. The lowest BCUT2D eigenvalue weighted by molar-refractivity contribution is -0.384. The fourth-order valence-electron chi connectivity index (χ4n) is 2.04. The average Bonchev–Trinajstić information content (AvgIpc) is 2.41. The third-order valence-electron chi connectivity index (χ3n) is 3.34. The first kappa shape index (κ1) is 13.4. The molecule has 2 heterocycles. The molecule has 19 heavy (non-hydrogen) atoms. The second-order valence-electron chi connectivity index (χ2n) is 4.58. The summed E-state index contributed by atoms with van der Waals surface area (Å²) < 4.78 is 0. The second-order valence-corrected chi connectivity index (χ2v) is 4.58. The number of piperazine rings is 1. The lowest BCUT2D eigenvalue weighted by atomic mass is 10.2. The Hall–Kier alpha value is -2.00. The first-order valence-electron chi connectivity index (χ1n) is 5.96. The van der Waals surface area contributed by atoms with Crippen LogP contribution in [-0.2, 0) is 0 Å². The number of rotatable bonds is 3. The molecule has 1 saturated heterocycles. The summed E-state index contributed by atoms with van der Waals surface area (Å²) in [5, 5.41) is 11.0. The Morgan fingerprint density at radius 1 is 1.58 bits per heavy atom. The van der Waals surface area contributed by atoms with Gasteiger partial charge < -0.3 is 9.80 Å². The molecule has 9 heteroatoms. The van der Waals surface area contributed by atoms with E-state index < -0.39 is 4.92 Å². The van der Waals surface area contributed by atoms with Crippen LogP contribution in [0.3, 0.4) is 0 Å². The minimum absolute atomic E-state index is 0.101. The first-order valence-corrected chi connectivity index (χ1v) is 5.96. The van der Waals surface area contributed by atoms with Gasteiger partial charge in [0.25, 0.3) is 0 Å². The number of likely N-dealkylation sites (N-methyl/N-ethyl adjacent to an activating group) is 1. The largest absolute Gasteiger partial charge is 0.348 e. The summed E-state index contributed by atoms with van der Waals surface area (Å²) in [4.78, 5) is 22.6. The van der Waals surface area contributed by atoms with Crippen molar-refractivity contribution in [1.82, 2.24) is 14.9 Å². The van der Waals surface area contributed by atoms with Gasteiger partial charge in [0.1, 0.15) is 6.20 Å². The van der Waals surface area contributed by atoms with Crippen LogP contribution in [0, 0.1) is 10.1 Å². The minimum Gasteiger partial charge on any atom is -0.348 e. The van der Waals surface area contributed by atoms with E-state index in [4.69, 9.17) is 5.84 Å². The van der Waals surface area contributed by atoms with Gasteiger partial charge in [0, 0.05) is 25.7 Å². The highest BCUT2D eigenvalue weighted by molar-refractivity contribution is 5.59. The Bertz CT molecular complexity index is 481. The molecule has 1 unspecified atom stereocenters. The molecule has 0 aliphatic carbocycles. The molecular weight excluding hydrogens is 250 g/mol. The molecule has 0 radical (unpaired) electrons. The number of nitrogens with two attached hydrogens (primary N) is 1. The molecule has 3 N–H and O–H groups in total. The van der Waals surface area contributed by atoms with Crippen LogP contribution < -0.4 is 16.2 Å². The molecule has 1 aromatic heterocycles. The first-order chi connectivity index (χ1) is 9.02. The second kappa shape index (κ2) is 5.33. The molecule has 104 valence electrons. The van der Waals surface area contributed by atoms with Gasteiger partial charge in [-0.15, -0.1) is 0 Å². The van der Waals surface area contributed by atoms with Gasteiger partial charge in [0.15, 0.2) is 0 Å². The zero-order valence-corrected chi connectivity index (χ0v) is 10.9. The van der Waals surface area contributed by atoms with Crippen LogP contribution in [-0.4, -0.2) is 52.5 Å². The number of aromatic nitrogens is 2. The number of hydrogen-bond acceptors (Lipinski definition) is 8. The SMILES string of the molecule is CC1CN(c2nc(NN)ncc2[N+](=O)[O-])CCN1C. The van der Waals surface area contributed by atoms with Crippen LogP contribution in [0.25, 0.3) is 0 Å². The highest BCUT2D eigenvalue weighted by atomic mass is 16.6. The summed E-state index contributed by atoms with van der Waals surface area (Å²) in [6.07, 6.45) is 1.18. The van der Waals surface area contributed by atoms with Crippen LogP contribution in [0.2, 0.25) is 0 Å². The van der Waals surface area contributed by atoms with E-state index in [0.29, 0.717) is 24.9 Å². The van der Waals surface area contributed by atoms with Crippen molar-refractivity contribution in [2.45, 2.75) is 13.0 Å². The van der Waals surface area contributed by atoms with Crippen LogP contribution in [0.15, 0.2) is 6.20 Å². The number of hydrogen-bond donors (Lipinski definition) is 2. The highest BCUT2D eigenvalue weighted by Gasteiger charge is 2.28. The number of nitrogen functional groups attached to an aromatic ring is 1.